The molecule has 0 radical (unpaired) electrons. The number of ether oxygens (including phenoxy) is 1. The van der Waals surface area contributed by atoms with Gasteiger partial charge in [-0.15, -0.1) is 11.3 Å². The molecule has 0 spiro atoms. The first kappa shape index (κ1) is 18.9. The van der Waals surface area contributed by atoms with E-state index in [1.807, 2.05) is 60.7 Å². The lowest BCUT2D eigenvalue weighted by Gasteiger charge is -2.12. The maximum absolute atomic E-state index is 11.2. The lowest BCUT2D eigenvalue weighted by Crippen LogP contribution is -1.97. The predicted molar refractivity (Wildman–Crippen MR) is 115 cm³/mol. The maximum atomic E-state index is 11.2. The Hall–Kier alpha value is -3.44. The minimum Gasteiger partial charge on any atom is -0.488 e. The van der Waals surface area contributed by atoms with E-state index in [-0.39, 0.29) is 4.88 Å². The van der Waals surface area contributed by atoms with E-state index in [0.717, 1.165) is 28.0 Å². The zero-order chi connectivity index (χ0) is 20.2. The molecule has 0 unspecified atom stereocenters. The number of carboxylic acid groups (broad SMARTS) is 1. The second-order valence-corrected chi connectivity index (χ2v) is 7.59. The molecule has 0 saturated heterocycles. The number of carbonyl (C=O) groups is 1. The van der Waals surface area contributed by atoms with Crippen LogP contribution < -0.4 is 4.74 Å². The molecule has 0 aliphatic carbocycles. The average molecular weight is 401 g/mol. The van der Waals surface area contributed by atoms with Crippen LogP contribution in [0.15, 0.2) is 78.9 Å². The summed E-state index contributed by atoms with van der Waals surface area (Å²) < 4.78 is 6.09. The molecule has 5 heteroatoms. The molecule has 4 aromatic rings. The fraction of sp³-hybridized carbons (Fsp3) is 0.0833. The SMILES string of the molecule is Cc1nc(-c2ccc(COc3ccccc3-c3ccccc3)cc2)sc1C(=O)O. The summed E-state index contributed by atoms with van der Waals surface area (Å²) in [4.78, 5) is 15.9. The van der Waals surface area contributed by atoms with Crippen LogP contribution in [0.4, 0.5) is 0 Å². The first-order chi connectivity index (χ1) is 14.1. The summed E-state index contributed by atoms with van der Waals surface area (Å²) in [6.07, 6.45) is 0. The Morgan fingerprint density at radius 3 is 2.31 bits per heavy atom. The number of rotatable bonds is 6. The van der Waals surface area contributed by atoms with Gasteiger partial charge in [0, 0.05) is 11.1 Å². The summed E-state index contributed by atoms with van der Waals surface area (Å²) >= 11 is 1.19. The van der Waals surface area contributed by atoms with Crippen LogP contribution in [0.25, 0.3) is 21.7 Å². The van der Waals surface area contributed by atoms with Crippen LogP contribution in [-0.2, 0) is 6.61 Å². The quantitative estimate of drug-likeness (QED) is 0.426. The van der Waals surface area contributed by atoms with E-state index in [0.29, 0.717) is 17.3 Å². The molecule has 29 heavy (non-hydrogen) atoms. The number of para-hydroxylation sites is 1. The second kappa shape index (κ2) is 8.29. The highest BCUT2D eigenvalue weighted by Crippen LogP contribution is 2.31. The predicted octanol–water partition coefficient (Wildman–Crippen LogP) is 6.06. The van der Waals surface area contributed by atoms with Crippen molar-refractivity contribution in [3.05, 3.63) is 95.0 Å². The topological polar surface area (TPSA) is 59.4 Å². The highest BCUT2D eigenvalue weighted by Gasteiger charge is 2.15. The monoisotopic (exact) mass is 401 g/mol. The van der Waals surface area contributed by atoms with Crippen LogP contribution in [0, 0.1) is 6.92 Å². The minimum atomic E-state index is -0.937. The van der Waals surface area contributed by atoms with Crippen LogP contribution in [0.2, 0.25) is 0 Å². The molecule has 0 amide bonds. The maximum Gasteiger partial charge on any atom is 0.347 e. The van der Waals surface area contributed by atoms with Crippen molar-refractivity contribution in [2.24, 2.45) is 0 Å². The number of thiazole rings is 1. The Kier molecular flexibility index (Phi) is 5.40. The van der Waals surface area contributed by atoms with E-state index in [4.69, 9.17) is 4.74 Å². The minimum absolute atomic E-state index is 0.282. The van der Waals surface area contributed by atoms with E-state index in [2.05, 4.69) is 23.2 Å². The molecule has 0 fully saturated rings. The molecule has 0 atom stereocenters. The summed E-state index contributed by atoms with van der Waals surface area (Å²) in [7, 11) is 0. The summed E-state index contributed by atoms with van der Waals surface area (Å²) in [5.41, 5.74) is 4.65. The van der Waals surface area contributed by atoms with Crippen molar-refractivity contribution in [2.75, 3.05) is 0 Å². The zero-order valence-electron chi connectivity index (χ0n) is 15.8. The Bertz CT molecular complexity index is 1130. The third kappa shape index (κ3) is 4.20. The van der Waals surface area contributed by atoms with Crippen LogP contribution in [-0.4, -0.2) is 16.1 Å². The molecular formula is C24H19NO3S. The van der Waals surface area contributed by atoms with Crippen LogP contribution >= 0.6 is 11.3 Å². The number of hydrogen-bond donors (Lipinski definition) is 1. The molecular weight excluding hydrogens is 382 g/mol. The average Bonchev–Trinajstić information content (AvgIpc) is 3.15. The van der Waals surface area contributed by atoms with Gasteiger partial charge in [-0.05, 0) is 24.1 Å². The molecule has 1 aromatic heterocycles. The Balaban J connectivity index is 1.50. The van der Waals surface area contributed by atoms with Gasteiger partial charge < -0.3 is 9.84 Å². The Morgan fingerprint density at radius 1 is 0.931 bits per heavy atom. The van der Waals surface area contributed by atoms with Gasteiger partial charge in [-0.3, -0.25) is 0 Å². The molecule has 4 nitrogen and oxygen atoms in total. The van der Waals surface area contributed by atoms with Crippen molar-refractivity contribution in [3.8, 4) is 27.4 Å². The molecule has 3 aromatic carbocycles. The van der Waals surface area contributed by atoms with Gasteiger partial charge in [0.1, 0.15) is 22.2 Å². The normalized spacial score (nSPS) is 10.7. The van der Waals surface area contributed by atoms with E-state index in [1.165, 1.54) is 11.3 Å². The van der Waals surface area contributed by atoms with E-state index in [1.54, 1.807) is 6.92 Å². The summed E-state index contributed by atoms with van der Waals surface area (Å²) in [5, 5.41) is 9.92. The largest absolute Gasteiger partial charge is 0.488 e. The summed E-state index contributed by atoms with van der Waals surface area (Å²) in [6.45, 7) is 2.16. The first-order valence-corrected chi connectivity index (χ1v) is 10.0. The van der Waals surface area contributed by atoms with Gasteiger partial charge in [-0.1, -0.05) is 72.8 Å². The van der Waals surface area contributed by atoms with Crippen LogP contribution in [0.5, 0.6) is 5.75 Å². The molecule has 1 heterocycles. The molecule has 4 rings (SSSR count). The number of aryl methyl sites for hydroxylation is 1. The smallest absolute Gasteiger partial charge is 0.347 e. The lowest BCUT2D eigenvalue weighted by atomic mass is 10.0. The third-order valence-electron chi connectivity index (χ3n) is 4.56. The lowest BCUT2D eigenvalue weighted by molar-refractivity contribution is 0.0701. The number of aromatic carboxylic acids is 1. The fourth-order valence-electron chi connectivity index (χ4n) is 3.07. The molecule has 0 aliphatic rings. The second-order valence-electron chi connectivity index (χ2n) is 6.59. The van der Waals surface area contributed by atoms with Gasteiger partial charge in [-0.2, -0.15) is 0 Å². The van der Waals surface area contributed by atoms with Crippen molar-refractivity contribution >= 4 is 17.3 Å². The van der Waals surface area contributed by atoms with Crippen molar-refractivity contribution in [3.63, 3.8) is 0 Å². The molecule has 144 valence electrons. The number of carboxylic acids is 1. The van der Waals surface area contributed by atoms with Crippen molar-refractivity contribution in [1.29, 1.82) is 0 Å². The molecule has 1 N–H and O–H groups in total. The van der Waals surface area contributed by atoms with E-state index in [9.17, 15) is 9.90 Å². The third-order valence-corrected chi connectivity index (χ3v) is 5.75. The Labute approximate surface area is 173 Å². The number of hydrogen-bond acceptors (Lipinski definition) is 4. The van der Waals surface area contributed by atoms with Crippen LogP contribution in [0.3, 0.4) is 0 Å². The van der Waals surface area contributed by atoms with Gasteiger partial charge in [0.15, 0.2) is 0 Å². The number of nitrogens with zero attached hydrogens (tertiary/aromatic N) is 1. The van der Waals surface area contributed by atoms with Gasteiger partial charge in [0.05, 0.1) is 5.69 Å². The number of aromatic nitrogens is 1. The molecule has 0 bridgehead atoms. The van der Waals surface area contributed by atoms with E-state index >= 15 is 0 Å². The van der Waals surface area contributed by atoms with Crippen molar-refractivity contribution < 1.29 is 14.6 Å². The van der Waals surface area contributed by atoms with Crippen LogP contribution in [0.1, 0.15) is 20.9 Å². The van der Waals surface area contributed by atoms with Gasteiger partial charge in [0.2, 0.25) is 0 Å². The number of benzene rings is 3. The molecule has 0 aliphatic heterocycles. The fourth-order valence-corrected chi connectivity index (χ4v) is 3.98. The van der Waals surface area contributed by atoms with Crippen molar-refractivity contribution in [1.82, 2.24) is 4.98 Å². The van der Waals surface area contributed by atoms with Gasteiger partial charge >= 0.3 is 5.97 Å². The van der Waals surface area contributed by atoms with Crippen molar-refractivity contribution in [2.45, 2.75) is 13.5 Å². The first-order valence-electron chi connectivity index (χ1n) is 9.19. The van der Waals surface area contributed by atoms with Gasteiger partial charge in [0.25, 0.3) is 0 Å². The summed E-state index contributed by atoms with van der Waals surface area (Å²) in [6, 6.07) is 26.0. The summed E-state index contributed by atoms with van der Waals surface area (Å²) in [5.74, 6) is -0.0993. The van der Waals surface area contributed by atoms with E-state index < -0.39 is 5.97 Å². The highest BCUT2D eigenvalue weighted by atomic mass is 32.1. The standard InChI is InChI=1S/C24H19NO3S/c1-16-22(24(26)27)29-23(25-16)19-13-11-17(12-14-19)15-28-21-10-6-5-9-20(21)18-7-3-2-4-8-18/h2-14H,15H2,1H3,(H,26,27). The zero-order valence-corrected chi connectivity index (χ0v) is 16.6. The highest BCUT2D eigenvalue weighted by molar-refractivity contribution is 7.17. The molecule has 0 saturated carbocycles. The van der Waals surface area contributed by atoms with Gasteiger partial charge in [-0.25, -0.2) is 9.78 Å². The Morgan fingerprint density at radius 2 is 1.62 bits per heavy atom.